The third kappa shape index (κ3) is 22.6. The van der Waals surface area contributed by atoms with Gasteiger partial charge in [0.2, 0.25) is 0 Å². The van der Waals surface area contributed by atoms with E-state index in [4.69, 9.17) is 0 Å². The van der Waals surface area contributed by atoms with Crippen LogP contribution >= 0.6 is 0 Å². The summed E-state index contributed by atoms with van der Waals surface area (Å²) in [6.07, 6.45) is -0.176. The van der Waals surface area contributed by atoms with Crippen LogP contribution in [0.2, 0.25) is 0 Å². The van der Waals surface area contributed by atoms with Crippen molar-refractivity contribution in [1.82, 2.24) is 0 Å². The molecular weight excluding hydrogens is 339 g/mol. The van der Waals surface area contributed by atoms with Gasteiger partial charge in [0.1, 0.15) is 5.78 Å². The average molecular weight is 355 g/mol. The standard InChI is InChI=1S/C5H8O3.3CH3.Pt/c1-2-4(6)3-5(7)8;;;;/h2-3H2,1H3,(H,7,8);3*1H3;/q;3*-1;+4/p-1. The van der Waals surface area contributed by atoms with Gasteiger partial charge in [0.25, 0.3) is 0 Å². The van der Waals surface area contributed by atoms with Crippen molar-refractivity contribution in [3.8, 4) is 0 Å². The Balaban J connectivity index is -0.0000000408. The minimum Gasteiger partial charge on any atom is -0.550 e. The zero-order valence-electron chi connectivity index (χ0n) is 7.96. The monoisotopic (exact) mass is 355 g/mol. The van der Waals surface area contributed by atoms with E-state index in [1.807, 2.05) is 0 Å². The third-order valence-electron chi connectivity index (χ3n) is 0.736. The van der Waals surface area contributed by atoms with Gasteiger partial charge in [-0.1, -0.05) is 6.92 Å². The molecule has 3 nitrogen and oxygen atoms in total. The molecule has 12 heavy (non-hydrogen) atoms. The number of carbonyl (C=O) groups is 2. The van der Waals surface area contributed by atoms with Crippen molar-refractivity contribution < 1.29 is 35.8 Å². The number of carbonyl (C=O) groups excluding carboxylic acids is 2. The number of carboxylic acid groups (broad SMARTS) is 1. The molecule has 0 aliphatic heterocycles. The average Bonchev–Trinajstić information content (AvgIpc) is 1.65. The minimum atomic E-state index is -1.29. The molecule has 0 spiro atoms. The molecule has 0 aliphatic carbocycles. The van der Waals surface area contributed by atoms with E-state index < -0.39 is 12.4 Å². The van der Waals surface area contributed by atoms with Gasteiger partial charge in [-0.3, -0.25) is 4.79 Å². The summed E-state index contributed by atoms with van der Waals surface area (Å²) in [7, 11) is 0. The van der Waals surface area contributed by atoms with Crippen LogP contribution in [-0.2, 0) is 30.7 Å². The molecule has 0 aromatic rings. The Bertz CT molecular complexity index is 113. The van der Waals surface area contributed by atoms with Crippen molar-refractivity contribution in [3.05, 3.63) is 22.3 Å². The number of carboxylic acids is 1. The molecule has 0 aromatic carbocycles. The van der Waals surface area contributed by atoms with E-state index >= 15 is 0 Å². The first-order valence-electron chi connectivity index (χ1n) is 2.38. The van der Waals surface area contributed by atoms with Crippen molar-refractivity contribution in [3.63, 3.8) is 0 Å². The maximum absolute atomic E-state index is 10.2. The van der Waals surface area contributed by atoms with Gasteiger partial charge in [0.15, 0.2) is 0 Å². The molecule has 0 unspecified atom stereocenters. The van der Waals surface area contributed by atoms with Crippen molar-refractivity contribution in [2.24, 2.45) is 0 Å². The van der Waals surface area contributed by atoms with Gasteiger partial charge >= 0.3 is 21.1 Å². The normalized spacial score (nSPS) is 5.75. The molecule has 4 heteroatoms. The van der Waals surface area contributed by atoms with Gasteiger partial charge in [-0.2, -0.15) is 0 Å². The van der Waals surface area contributed by atoms with Crippen molar-refractivity contribution in [2.45, 2.75) is 19.8 Å². The van der Waals surface area contributed by atoms with E-state index in [1.54, 1.807) is 6.92 Å². The molecule has 76 valence electrons. The summed E-state index contributed by atoms with van der Waals surface area (Å²) in [6, 6.07) is 0. The first-order valence-corrected chi connectivity index (χ1v) is 2.38. The molecule has 0 heterocycles. The largest absolute Gasteiger partial charge is 4.00 e. The maximum atomic E-state index is 10.2. The van der Waals surface area contributed by atoms with E-state index in [0.717, 1.165) is 0 Å². The van der Waals surface area contributed by atoms with Gasteiger partial charge in [-0.05, 0) is 0 Å². The number of rotatable bonds is 3. The van der Waals surface area contributed by atoms with Gasteiger partial charge in [-0.25, -0.2) is 0 Å². The van der Waals surface area contributed by atoms with Gasteiger partial charge in [0.05, 0.1) is 0 Å². The van der Waals surface area contributed by atoms with Crippen LogP contribution in [-0.4, -0.2) is 11.8 Å². The molecule has 0 fully saturated rings. The van der Waals surface area contributed by atoms with Crippen LogP contribution in [0.25, 0.3) is 0 Å². The predicted molar refractivity (Wildman–Crippen MR) is 44.2 cm³/mol. The molecule has 0 radical (unpaired) electrons. The Morgan fingerprint density at radius 3 is 1.58 bits per heavy atom. The van der Waals surface area contributed by atoms with Crippen LogP contribution in [0.15, 0.2) is 0 Å². The predicted octanol–water partition coefficient (Wildman–Crippen LogP) is 0.454. The van der Waals surface area contributed by atoms with Crippen LogP contribution in [0, 0.1) is 22.3 Å². The molecule has 0 rings (SSSR count). The fourth-order valence-corrected chi connectivity index (χ4v) is 0.286. The first-order chi connectivity index (χ1) is 3.66. The van der Waals surface area contributed by atoms with E-state index in [9.17, 15) is 14.7 Å². The molecule has 0 saturated carbocycles. The van der Waals surface area contributed by atoms with Crippen molar-refractivity contribution in [2.75, 3.05) is 0 Å². The molecule has 0 amide bonds. The second kappa shape index (κ2) is 17.1. The summed E-state index contributed by atoms with van der Waals surface area (Å²) in [5.74, 6) is -1.58. The number of hydrogen-bond acceptors (Lipinski definition) is 3. The fourth-order valence-electron chi connectivity index (χ4n) is 0.286. The third-order valence-corrected chi connectivity index (χ3v) is 0.736. The SMILES string of the molecule is CCC(=O)CC(=O)[O-].[CH3-].[CH3-].[CH3-].[Pt+4]. The van der Waals surface area contributed by atoms with Crippen LogP contribution in [0.1, 0.15) is 19.8 Å². The number of hydrogen-bond donors (Lipinski definition) is 0. The van der Waals surface area contributed by atoms with Crippen LogP contribution < -0.4 is 5.11 Å². The molecule has 0 aromatic heterocycles. The molecule has 0 N–H and O–H groups in total. The van der Waals surface area contributed by atoms with E-state index in [0.29, 0.717) is 0 Å². The summed E-state index contributed by atoms with van der Waals surface area (Å²) in [5, 5.41) is 9.64. The Morgan fingerprint density at radius 1 is 1.17 bits per heavy atom. The van der Waals surface area contributed by atoms with Gasteiger partial charge in [-0.15, -0.1) is 0 Å². The van der Waals surface area contributed by atoms with E-state index in [2.05, 4.69) is 0 Å². The molecule has 0 aliphatic rings. The zero-order valence-corrected chi connectivity index (χ0v) is 10.2. The Kier molecular flexibility index (Phi) is 42.3. The number of aliphatic carboxylic acids is 1. The second-order valence-electron chi connectivity index (χ2n) is 1.44. The van der Waals surface area contributed by atoms with Crippen LogP contribution in [0.3, 0.4) is 0 Å². The Hall–Kier alpha value is -0.172. The van der Waals surface area contributed by atoms with Crippen LogP contribution in [0.5, 0.6) is 0 Å². The van der Waals surface area contributed by atoms with E-state index in [1.165, 1.54) is 0 Å². The smallest absolute Gasteiger partial charge is 0.550 e. The summed E-state index contributed by atoms with van der Waals surface area (Å²) in [6.45, 7) is 1.62. The number of Topliss-reactive ketones (excluding diaryl/α,β-unsaturated/α-hetero) is 1. The molecule has 0 bridgehead atoms. The molecule has 0 saturated heterocycles. The number of ketones is 1. The second-order valence-corrected chi connectivity index (χ2v) is 1.44. The van der Waals surface area contributed by atoms with E-state index in [-0.39, 0.29) is 55.5 Å². The Labute approximate surface area is 89.8 Å². The molecule has 0 atom stereocenters. The fraction of sp³-hybridized carbons (Fsp3) is 0.375. The van der Waals surface area contributed by atoms with Crippen molar-refractivity contribution >= 4 is 11.8 Å². The summed E-state index contributed by atoms with van der Waals surface area (Å²) in [5.41, 5.74) is 0. The summed E-state index contributed by atoms with van der Waals surface area (Å²) in [4.78, 5) is 19.8. The maximum Gasteiger partial charge on any atom is 4.00 e. The summed E-state index contributed by atoms with van der Waals surface area (Å²) >= 11 is 0. The summed E-state index contributed by atoms with van der Waals surface area (Å²) < 4.78 is 0. The van der Waals surface area contributed by atoms with Crippen molar-refractivity contribution in [1.29, 1.82) is 0 Å². The Morgan fingerprint density at radius 2 is 1.50 bits per heavy atom. The minimum absolute atomic E-state index is 0. The molecular formula is C8H16O3Pt. The quantitative estimate of drug-likeness (QED) is 0.546. The van der Waals surface area contributed by atoms with Gasteiger partial charge in [0, 0.05) is 18.8 Å². The van der Waals surface area contributed by atoms with Crippen LogP contribution in [0.4, 0.5) is 0 Å². The first kappa shape index (κ1) is 29.7. The zero-order chi connectivity index (χ0) is 6.57. The van der Waals surface area contributed by atoms with Gasteiger partial charge < -0.3 is 32.2 Å². The topological polar surface area (TPSA) is 57.2 Å².